The van der Waals surface area contributed by atoms with Crippen LogP contribution in [0.2, 0.25) is 0 Å². The molecule has 0 aromatic rings. The molecule has 2 fully saturated rings. The van der Waals surface area contributed by atoms with Crippen LogP contribution in [0.3, 0.4) is 0 Å². The summed E-state index contributed by atoms with van der Waals surface area (Å²) >= 11 is 0. The maximum Gasteiger partial charge on any atom is -0.0355 e. The van der Waals surface area contributed by atoms with E-state index in [1.54, 1.807) is 12.8 Å². The second-order valence-electron chi connectivity index (χ2n) is 6.35. The van der Waals surface area contributed by atoms with Gasteiger partial charge in [-0.1, -0.05) is 46.5 Å². The molecule has 0 aliphatic heterocycles. The lowest BCUT2D eigenvalue weighted by atomic mass is 9.59. The van der Waals surface area contributed by atoms with Crippen molar-refractivity contribution < 1.29 is 0 Å². The summed E-state index contributed by atoms with van der Waals surface area (Å²) in [5, 5.41) is 0. The molecule has 0 radical (unpaired) electrons. The quantitative estimate of drug-likeness (QED) is 0.620. The van der Waals surface area contributed by atoms with Gasteiger partial charge < -0.3 is 0 Å². The van der Waals surface area contributed by atoms with Gasteiger partial charge >= 0.3 is 0 Å². The van der Waals surface area contributed by atoms with E-state index in [4.69, 9.17) is 0 Å². The fourth-order valence-corrected chi connectivity index (χ4v) is 4.12. The Bertz CT molecular complexity index is 196. The second kappa shape index (κ2) is 4.89. The Morgan fingerprint density at radius 3 is 2.20 bits per heavy atom. The van der Waals surface area contributed by atoms with Crippen LogP contribution in [0.1, 0.15) is 65.7 Å². The summed E-state index contributed by atoms with van der Waals surface area (Å²) in [6, 6.07) is 0. The first-order valence-electron chi connectivity index (χ1n) is 7.22. The predicted octanol–water partition coefficient (Wildman–Crippen LogP) is 4.89. The zero-order chi connectivity index (χ0) is 10.8. The minimum absolute atomic E-state index is 1.01. The Morgan fingerprint density at radius 2 is 1.67 bits per heavy atom. The maximum atomic E-state index is 2.48. The lowest BCUT2D eigenvalue weighted by Gasteiger charge is -2.47. The Kier molecular flexibility index (Phi) is 3.74. The molecule has 5 atom stereocenters. The van der Waals surface area contributed by atoms with Crippen LogP contribution in [0.15, 0.2) is 0 Å². The lowest BCUT2D eigenvalue weighted by Crippen LogP contribution is -2.37. The molecule has 2 aliphatic carbocycles. The molecule has 15 heavy (non-hydrogen) atoms. The molecule has 5 unspecified atom stereocenters. The minimum atomic E-state index is 1.01. The first kappa shape index (κ1) is 11.5. The molecule has 0 heteroatoms. The smallest absolute Gasteiger partial charge is 0.0355 e. The molecule has 0 nitrogen and oxygen atoms in total. The lowest BCUT2D eigenvalue weighted by molar-refractivity contribution is 0.0333. The average Bonchev–Trinajstić information content (AvgIpc) is 2.20. The van der Waals surface area contributed by atoms with E-state index < -0.39 is 0 Å². The topological polar surface area (TPSA) is 0 Å². The van der Waals surface area contributed by atoms with E-state index in [2.05, 4.69) is 20.8 Å². The molecule has 0 aromatic carbocycles. The van der Waals surface area contributed by atoms with Crippen molar-refractivity contribution in [3.05, 3.63) is 0 Å². The molecule has 0 bridgehead atoms. The van der Waals surface area contributed by atoms with Crippen LogP contribution < -0.4 is 0 Å². The van der Waals surface area contributed by atoms with Gasteiger partial charge in [-0.3, -0.25) is 0 Å². The first-order valence-corrected chi connectivity index (χ1v) is 7.22. The van der Waals surface area contributed by atoms with Gasteiger partial charge in [0.25, 0.3) is 0 Å². The zero-order valence-corrected chi connectivity index (χ0v) is 10.8. The Balaban J connectivity index is 1.94. The van der Waals surface area contributed by atoms with Gasteiger partial charge in [0, 0.05) is 0 Å². The van der Waals surface area contributed by atoms with E-state index in [-0.39, 0.29) is 0 Å². The van der Waals surface area contributed by atoms with Crippen molar-refractivity contribution in [2.45, 2.75) is 65.7 Å². The monoisotopic (exact) mass is 208 g/mol. The normalized spacial score (nSPS) is 46.2. The molecular weight excluding hydrogens is 180 g/mol. The highest BCUT2D eigenvalue weighted by atomic mass is 14.4. The van der Waals surface area contributed by atoms with E-state index in [1.807, 2.05) is 0 Å². The van der Waals surface area contributed by atoms with Crippen LogP contribution in [0, 0.1) is 29.6 Å². The molecule has 2 aliphatic rings. The van der Waals surface area contributed by atoms with Gasteiger partial charge in [0.05, 0.1) is 0 Å². The van der Waals surface area contributed by atoms with Crippen LogP contribution in [0.25, 0.3) is 0 Å². The fourth-order valence-electron chi connectivity index (χ4n) is 4.12. The molecule has 0 spiro atoms. The molecule has 0 aromatic heterocycles. The van der Waals surface area contributed by atoms with E-state index >= 15 is 0 Å². The third-order valence-electron chi connectivity index (χ3n) is 5.20. The summed E-state index contributed by atoms with van der Waals surface area (Å²) in [5.74, 6) is 5.33. The SMILES string of the molecule is CCCC1CC(C)CCC1C1CCC1C. The van der Waals surface area contributed by atoms with E-state index in [1.165, 1.54) is 32.1 Å². The largest absolute Gasteiger partial charge is 0.0654 e. The number of hydrogen-bond acceptors (Lipinski definition) is 0. The van der Waals surface area contributed by atoms with Gasteiger partial charge in [-0.25, -0.2) is 0 Å². The Hall–Kier alpha value is 0. The fraction of sp³-hybridized carbons (Fsp3) is 1.00. The summed E-state index contributed by atoms with van der Waals surface area (Å²) in [7, 11) is 0. The van der Waals surface area contributed by atoms with Crippen LogP contribution >= 0.6 is 0 Å². The molecule has 88 valence electrons. The third kappa shape index (κ3) is 2.40. The predicted molar refractivity (Wildman–Crippen MR) is 66.8 cm³/mol. The van der Waals surface area contributed by atoms with Gasteiger partial charge in [0.2, 0.25) is 0 Å². The number of hydrogen-bond donors (Lipinski definition) is 0. The highest BCUT2D eigenvalue weighted by Gasteiger charge is 2.39. The summed E-state index contributed by atoms with van der Waals surface area (Å²) < 4.78 is 0. The maximum absolute atomic E-state index is 2.48. The van der Waals surface area contributed by atoms with Crippen molar-refractivity contribution in [1.29, 1.82) is 0 Å². The molecular formula is C15H28. The van der Waals surface area contributed by atoms with E-state index in [9.17, 15) is 0 Å². The van der Waals surface area contributed by atoms with Crippen LogP contribution in [-0.2, 0) is 0 Å². The highest BCUT2D eigenvalue weighted by Crippen LogP contribution is 2.49. The van der Waals surface area contributed by atoms with Gasteiger partial charge in [-0.05, 0) is 48.9 Å². The first-order chi connectivity index (χ1) is 7.22. The summed E-state index contributed by atoms with van der Waals surface area (Å²) in [6.07, 6.45) is 10.5. The molecule has 0 saturated heterocycles. The molecule has 2 saturated carbocycles. The van der Waals surface area contributed by atoms with E-state index in [0.29, 0.717) is 0 Å². The number of rotatable bonds is 3. The second-order valence-corrected chi connectivity index (χ2v) is 6.35. The zero-order valence-electron chi connectivity index (χ0n) is 10.8. The standard InChI is InChI=1S/C15H28/c1-4-5-13-10-11(2)6-8-15(13)14-9-7-12(14)3/h11-15H,4-10H2,1-3H3. The highest BCUT2D eigenvalue weighted by molar-refractivity contribution is 4.89. The summed E-state index contributed by atoms with van der Waals surface area (Å²) in [6.45, 7) is 7.30. The molecule has 0 heterocycles. The van der Waals surface area contributed by atoms with Crippen molar-refractivity contribution in [3.63, 3.8) is 0 Å². The van der Waals surface area contributed by atoms with Gasteiger partial charge in [0.1, 0.15) is 0 Å². The molecule has 2 rings (SSSR count). The van der Waals surface area contributed by atoms with Gasteiger partial charge in [-0.15, -0.1) is 0 Å². The minimum Gasteiger partial charge on any atom is -0.0654 e. The van der Waals surface area contributed by atoms with Crippen molar-refractivity contribution in [2.75, 3.05) is 0 Å². The molecule has 0 amide bonds. The van der Waals surface area contributed by atoms with Crippen molar-refractivity contribution >= 4 is 0 Å². The third-order valence-corrected chi connectivity index (χ3v) is 5.20. The summed E-state index contributed by atoms with van der Waals surface area (Å²) in [4.78, 5) is 0. The summed E-state index contributed by atoms with van der Waals surface area (Å²) in [5.41, 5.74) is 0. The average molecular weight is 208 g/mol. The van der Waals surface area contributed by atoms with Crippen LogP contribution in [-0.4, -0.2) is 0 Å². The molecule has 0 N–H and O–H groups in total. The van der Waals surface area contributed by atoms with Gasteiger partial charge in [0.15, 0.2) is 0 Å². The van der Waals surface area contributed by atoms with Crippen molar-refractivity contribution in [2.24, 2.45) is 29.6 Å². The van der Waals surface area contributed by atoms with Gasteiger partial charge in [-0.2, -0.15) is 0 Å². The Morgan fingerprint density at radius 1 is 0.933 bits per heavy atom. The van der Waals surface area contributed by atoms with Crippen LogP contribution in [0.5, 0.6) is 0 Å². The van der Waals surface area contributed by atoms with Crippen LogP contribution in [0.4, 0.5) is 0 Å². The van der Waals surface area contributed by atoms with E-state index in [0.717, 1.165) is 29.6 Å². The van der Waals surface area contributed by atoms with Crippen molar-refractivity contribution in [3.8, 4) is 0 Å². The Labute approximate surface area is 95.8 Å². The van der Waals surface area contributed by atoms with Crippen molar-refractivity contribution in [1.82, 2.24) is 0 Å².